The first kappa shape index (κ1) is 12.5. The Morgan fingerprint density at radius 3 is 2.78 bits per heavy atom. The second kappa shape index (κ2) is 5.16. The molecule has 0 bridgehead atoms. The summed E-state index contributed by atoms with van der Waals surface area (Å²) >= 11 is 0. The van der Waals surface area contributed by atoms with Crippen molar-refractivity contribution in [2.45, 2.75) is 26.2 Å². The topological polar surface area (TPSA) is 69.4 Å². The van der Waals surface area contributed by atoms with Gasteiger partial charge in [0.15, 0.2) is 11.5 Å². The van der Waals surface area contributed by atoms with Crippen molar-refractivity contribution in [1.82, 2.24) is 0 Å². The molecule has 0 unspecified atom stereocenters. The van der Waals surface area contributed by atoms with Crippen LogP contribution >= 0.6 is 0 Å². The smallest absolute Gasteiger partial charge is 0.311 e. The van der Waals surface area contributed by atoms with Gasteiger partial charge in [0, 0.05) is 12.0 Å². The number of carbonyl (C=O) groups excluding carboxylic acids is 1. The molecule has 96 valence electrons. The summed E-state index contributed by atoms with van der Waals surface area (Å²) in [6.45, 7) is 1.85. The van der Waals surface area contributed by atoms with Gasteiger partial charge in [0.1, 0.15) is 6.61 Å². The van der Waals surface area contributed by atoms with Crippen LogP contribution in [-0.4, -0.2) is 17.3 Å². The minimum atomic E-state index is -0.476. The van der Waals surface area contributed by atoms with Crippen molar-refractivity contribution in [1.29, 1.82) is 0 Å². The molecule has 1 aliphatic carbocycles. The van der Waals surface area contributed by atoms with Crippen LogP contribution < -0.4 is 4.74 Å². The Hall–Kier alpha value is -1.91. The first-order valence-electron chi connectivity index (χ1n) is 6.04. The van der Waals surface area contributed by atoms with Gasteiger partial charge in [0.2, 0.25) is 0 Å². The van der Waals surface area contributed by atoms with Crippen molar-refractivity contribution >= 4 is 11.5 Å². The van der Waals surface area contributed by atoms with Gasteiger partial charge in [0.05, 0.1) is 4.92 Å². The Bertz CT molecular complexity index is 480. The molecule has 0 amide bonds. The molecular formula is C13H15NO4. The molecule has 1 saturated carbocycles. The highest BCUT2D eigenvalue weighted by molar-refractivity contribution is 5.84. The van der Waals surface area contributed by atoms with Crippen molar-refractivity contribution < 1.29 is 14.5 Å². The van der Waals surface area contributed by atoms with E-state index in [0.717, 1.165) is 24.8 Å². The summed E-state index contributed by atoms with van der Waals surface area (Å²) in [7, 11) is 0. The van der Waals surface area contributed by atoms with E-state index in [-0.39, 0.29) is 29.7 Å². The van der Waals surface area contributed by atoms with Crippen molar-refractivity contribution in [2.75, 3.05) is 6.61 Å². The van der Waals surface area contributed by atoms with Crippen LogP contribution in [-0.2, 0) is 11.2 Å². The lowest BCUT2D eigenvalue weighted by molar-refractivity contribution is -0.385. The third-order valence-electron chi connectivity index (χ3n) is 3.03. The van der Waals surface area contributed by atoms with Gasteiger partial charge in [-0.25, -0.2) is 0 Å². The molecule has 18 heavy (non-hydrogen) atoms. The third kappa shape index (κ3) is 2.85. The van der Waals surface area contributed by atoms with E-state index >= 15 is 0 Å². The van der Waals surface area contributed by atoms with E-state index in [9.17, 15) is 14.9 Å². The number of nitro benzene ring substituents is 1. The highest BCUT2D eigenvalue weighted by atomic mass is 16.6. The second-order valence-corrected chi connectivity index (χ2v) is 4.44. The fourth-order valence-corrected chi connectivity index (χ4v) is 1.72. The van der Waals surface area contributed by atoms with E-state index in [2.05, 4.69) is 0 Å². The van der Waals surface area contributed by atoms with Crippen LogP contribution in [0.2, 0.25) is 0 Å². The number of nitro groups is 1. The Labute approximate surface area is 105 Å². The summed E-state index contributed by atoms with van der Waals surface area (Å²) in [5.74, 6) is 0.314. The minimum absolute atomic E-state index is 0.0314. The lowest BCUT2D eigenvalue weighted by Crippen LogP contribution is -2.13. The molecule has 1 fully saturated rings. The number of ether oxygens (including phenoxy) is 1. The number of hydrogen-bond donors (Lipinski definition) is 0. The van der Waals surface area contributed by atoms with Crippen molar-refractivity contribution in [3.63, 3.8) is 0 Å². The SMILES string of the molecule is CCc1ccc(OCC(=O)C2CC2)c([N+](=O)[O-])c1. The zero-order chi connectivity index (χ0) is 13.1. The molecule has 0 spiro atoms. The van der Waals surface area contributed by atoms with Gasteiger partial charge in [-0.3, -0.25) is 14.9 Å². The van der Waals surface area contributed by atoms with Gasteiger partial charge < -0.3 is 4.74 Å². The van der Waals surface area contributed by atoms with Crippen LogP contribution in [0.5, 0.6) is 5.75 Å². The summed E-state index contributed by atoms with van der Waals surface area (Å²) in [5, 5.41) is 10.9. The van der Waals surface area contributed by atoms with Crippen LogP contribution in [0.25, 0.3) is 0 Å². The summed E-state index contributed by atoms with van der Waals surface area (Å²) in [6.07, 6.45) is 2.56. The van der Waals surface area contributed by atoms with Gasteiger partial charge in [-0.15, -0.1) is 0 Å². The maximum atomic E-state index is 11.5. The highest BCUT2D eigenvalue weighted by Gasteiger charge is 2.30. The molecule has 2 rings (SSSR count). The number of rotatable bonds is 6. The average Bonchev–Trinajstić information content (AvgIpc) is 3.19. The van der Waals surface area contributed by atoms with Gasteiger partial charge in [0.25, 0.3) is 0 Å². The quantitative estimate of drug-likeness (QED) is 0.573. The van der Waals surface area contributed by atoms with E-state index < -0.39 is 4.92 Å². The predicted molar refractivity (Wildman–Crippen MR) is 65.7 cm³/mol. The number of nitrogens with zero attached hydrogens (tertiary/aromatic N) is 1. The van der Waals surface area contributed by atoms with Crippen molar-refractivity contribution in [3.8, 4) is 5.75 Å². The Balaban J connectivity index is 2.10. The van der Waals surface area contributed by atoms with E-state index in [1.54, 1.807) is 12.1 Å². The zero-order valence-corrected chi connectivity index (χ0v) is 10.2. The molecule has 0 radical (unpaired) electrons. The largest absolute Gasteiger partial charge is 0.479 e. The van der Waals surface area contributed by atoms with E-state index in [4.69, 9.17) is 4.74 Å². The normalized spacial score (nSPS) is 14.3. The van der Waals surface area contributed by atoms with Crippen LogP contribution in [0, 0.1) is 16.0 Å². The standard InChI is InChI=1S/C13H15NO4/c1-2-9-3-6-13(11(7-9)14(16)17)18-8-12(15)10-4-5-10/h3,6-7,10H,2,4-5,8H2,1H3. The molecule has 0 atom stereocenters. The van der Waals surface area contributed by atoms with Crippen LogP contribution in [0.4, 0.5) is 5.69 Å². The number of ketones is 1. The molecule has 5 heteroatoms. The molecule has 0 N–H and O–H groups in total. The van der Waals surface area contributed by atoms with Gasteiger partial charge >= 0.3 is 5.69 Å². The lowest BCUT2D eigenvalue weighted by atomic mass is 10.1. The first-order chi connectivity index (χ1) is 8.61. The predicted octanol–water partition coefficient (Wildman–Crippen LogP) is 2.52. The summed E-state index contributed by atoms with van der Waals surface area (Å²) < 4.78 is 5.27. The minimum Gasteiger partial charge on any atom is -0.479 e. The van der Waals surface area contributed by atoms with Gasteiger partial charge in [-0.1, -0.05) is 13.0 Å². The molecule has 1 aromatic carbocycles. The second-order valence-electron chi connectivity index (χ2n) is 4.44. The third-order valence-corrected chi connectivity index (χ3v) is 3.03. The van der Waals surface area contributed by atoms with Gasteiger partial charge in [-0.2, -0.15) is 0 Å². The molecule has 0 saturated heterocycles. The maximum Gasteiger partial charge on any atom is 0.311 e. The maximum absolute atomic E-state index is 11.5. The summed E-state index contributed by atoms with van der Waals surface area (Å²) in [6, 6.07) is 4.85. The van der Waals surface area contributed by atoms with Crippen LogP contribution in [0.15, 0.2) is 18.2 Å². The number of aryl methyl sites for hydroxylation is 1. The Morgan fingerprint density at radius 2 is 2.22 bits per heavy atom. The van der Waals surface area contributed by atoms with Crippen LogP contribution in [0.3, 0.4) is 0 Å². The number of hydrogen-bond acceptors (Lipinski definition) is 4. The molecule has 0 heterocycles. The molecule has 1 aromatic rings. The average molecular weight is 249 g/mol. The highest BCUT2D eigenvalue weighted by Crippen LogP contribution is 2.31. The van der Waals surface area contributed by atoms with E-state index in [1.165, 1.54) is 6.07 Å². The molecule has 0 aliphatic heterocycles. The number of carbonyl (C=O) groups is 1. The van der Waals surface area contributed by atoms with Crippen LogP contribution in [0.1, 0.15) is 25.3 Å². The molecular weight excluding hydrogens is 234 g/mol. The summed E-state index contributed by atoms with van der Waals surface area (Å²) in [4.78, 5) is 21.9. The molecule has 0 aromatic heterocycles. The van der Waals surface area contributed by atoms with Crippen molar-refractivity contribution in [3.05, 3.63) is 33.9 Å². The Kier molecular flexibility index (Phi) is 3.60. The Morgan fingerprint density at radius 1 is 1.50 bits per heavy atom. The fourth-order valence-electron chi connectivity index (χ4n) is 1.72. The zero-order valence-electron chi connectivity index (χ0n) is 10.2. The van der Waals surface area contributed by atoms with Gasteiger partial charge in [-0.05, 0) is 30.9 Å². The fraction of sp³-hybridized carbons (Fsp3) is 0.462. The summed E-state index contributed by atoms with van der Waals surface area (Å²) in [5.41, 5.74) is 0.806. The monoisotopic (exact) mass is 249 g/mol. The molecule has 1 aliphatic rings. The number of benzene rings is 1. The van der Waals surface area contributed by atoms with Crippen molar-refractivity contribution in [2.24, 2.45) is 5.92 Å². The van der Waals surface area contributed by atoms with E-state index in [1.807, 2.05) is 6.92 Å². The molecule has 5 nitrogen and oxygen atoms in total. The number of Topliss-reactive ketones (excluding diaryl/α,β-unsaturated/α-hetero) is 1. The first-order valence-corrected chi connectivity index (χ1v) is 6.04. The van der Waals surface area contributed by atoms with E-state index in [0.29, 0.717) is 0 Å². The lowest BCUT2D eigenvalue weighted by Gasteiger charge is -2.06.